The van der Waals surface area contributed by atoms with Gasteiger partial charge in [0.05, 0.1) is 18.3 Å². The number of hydrogen-bond donors (Lipinski definition) is 1. The Morgan fingerprint density at radius 1 is 1.26 bits per heavy atom. The first-order valence-electron chi connectivity index (χ1n) is 8.15. The highest BCUT2D eigenvalue weighted by atomic mass is 32.2. The lowest BCUT2D eigenvalue weighted by atomic mass is 10.2. The fraction of sp³-hybridized carbons (Fsp3) is 0.529. The lowest BCUT2D eigenvalue weighted by Crippen LogP contribution is -2.46. The number of carbonyl (C=O) groups excluding carboxylic acids is 2. The molecule has 0 aliphatic carbocycles. The van der Waals surface area contributed by atoms with Crippen LogP contribution in [0.5, 0.6) is 0 Å². The number of nitrogens with zero attached hydrogens (tertiary/aromatic N) is 2. The van der Waals surface area contributed by atoms with Crippen LogP contribution in [0.25, 0.3) is 0 Å². The molecule has 2 aliphatic rings. The summed E-state index contributed by atoms with van der Waals surface area (Å²) in [6, 6.07) is 7.76. The second kappa shape index (κ2) is 6.93. The maximum absolute atomic E-state index is 12.9. The van der Waals surface area contributed by atoms with Gasteiger partial charge in [-0.15, -0.1) is 11.8 Å². The quantitative estimate of drug-likeness (QED) is 0.917. The SMILES string of the molecule is C[C@H]1CCN(C(=O)CN2CCC[C@@H]2C(N)=O)c2ccccc2S1. The van der Waals surface area contributed by atoms with E-state index in [1.54, 1.807) is 0 Å². The molecule has 2 heterocycles. The van der Waals surface area contributed by atoms with Crippen molar-refractivity contribution in [2.24, 2.45) is 5.73 Å². The number of rotatable bonds is 3. The monoisotopic (exact) mass is 333 g/mol. The van der Waals surface area contributed by atoms with Crippen molar-refractivity contribution < 1.29 is 9.59 Å². The van der Waals surface area contributed by atoms with E-state index >= 15 is 0 Å². The maximum atomic E-state index is 12.9. The van der Waals surface area contributed by atoms with E-state index in [-0.39, 0.29) is 24.4 Å². The number of benzene rings is 1. The van der Waals surface area contributed by atoms with E-state index in [0.717, 1.165) is 42.9 Å². The van der Waals surface area contributed by atoms with Gasteiger partial charge in [-0.2, -0.15) is 0 Å². The third-order valence-corrected chi connectivity index (χ3v) is 5.81. The number of para-hydroxylation sites is 1. The molecule has 23 heavy (non-hydrogen) atoms. The van der Waals surface area contributed by atoms with Crippen molar-refractivity contribution in [3.63, 3.8) is 0 Å². The molecule has 0 unspecified atom stereocenters. The van der Waals surface area contributed by atoms with Crippen molar-refractivity contribution in [3.05, 3.63) is 24.3 Å². The molecule has 2 N–H and O–H groups in total. The molecule has 1 saturated heterocycles. The zero-order valence-corrected chi connectivity index (χ0v) is 14.2. The topological polar surface area (TPSA) is 66.6 Å². The summed E-state index contributed by atoms with van der Waals surface area (Å²) >= 11 is 1.82. The van der Waals surface area contributed by atoms with Crippen molar-refractivity contribution in [2.75, 3.05) is 24.5 Å². The second-order valence-corrected chi connectivity index (χ2v) is 7.74. The zero-order chi connectivity index (χ0) is 16.4. The van der Waals surface area contributed by atoms with Crippen molar-refractivity contribution >= 4 is 29.3 Å². The van der Waals surface area contributed by atoms with Gasteiger partial charge in [0.2, 0.25) is 11.8 Å². The van der Waals surface area contributed by atoms with E-state index in [9.17, 15) is 9.59 Å². The van der Waals surface area contributed by atoms with Crippen LogP contribution in [-0.4, -0.2) is 47.6 Å². The van der Waals surface area contributed by atoms with Gasteiger partial charge in [-0.3, -0.25) is 14.5 Å². The normalized spacial score (nSPS) is 25.0. The molecule has 0 saturated carbocycles. The minimum atomic E-state index is -0.323. The Morgan fingerprint density at radius 2 is 2.04 bits per heavy atom. The summed E-state index contributed by atoms with van der Waals surface area (Å²) in [7, 11) is 0. The largest absolute Gasteiger partial charge is 0.368 e. The molecule has 2 atom stereocenters. The van der Waals surface area contributed by atoms with Crippen LogP contribution < -0.4 is 10.6 Å². The van der Waals surface area contributed by atoms with Crippen LogP contribution in [0.2, 0.25) is 0 Å². The van der Waals surface area contributed by atoms with E-state index in [2.05, 4.69) is 13.0 Å². The Balaban J connectivity index is 1.78. The zero-order valence-electron chi connectivity index (χ0n) is 13.4. The Morgan fingerprint density at radius 3 is 2.83 bits per heavy atom. The van der Waals surface area contributed by atoms with E-state index in [1.165, 1.54) is 0 Å². The number of thioether (sulfide) groups is 1. The lowest BCUT2D eigenvalue weighted by Gasteiger charge is -2.27. The minimum Gasteiger partial charge on any atom is -0.368 e. The second-order valence-electron chi connectivity index (χ2n) is 6.26. The average molecular weight is 333 g/mol. The molecule has 1 aromatic carbocycles. The van der Waals surface area contributed by atoms with Crippen LogP contribution in [-0.2, 0) is 9.59 Å². The molecule has 0 radical (unpaired) electrons. The Hall–Kier alpha value is -1.53. The van der Waals surface area contributed by atoms with Crippen LogP contribution in [0.3, 0.4) is 0 Å². The summed E-state index contributed by atoms with van der Waals surface area (Å²) in [6.07, 6.45) is 2.64. The van der Waals surface area contributed by atoms with Gasteiger partial charge in [-0.05, 0) is 37.9 Å². The molecule has 5 nitrogen and oxygen atoms in total. The van der Waals surface area contributed by atoms with Crippen LogP contribution >= 0.6 is 11.8 Å². The highest BCUT2D eigenvalue weighted by Crippen LogP contribution is 2.37. The van der Waals surface area contributed by atoms with Gasteiger partial charge >= 0.3 is 0 Å². The average Bonchev–Trinajstić information content (AvgIpc) is 2.90. The van der Waals surface area contributed by atoms with Gasteiger partial charge in [0.25, 0.3) is 0 Å². The first-order valence-corrected chi connectivity index (χ1v) is 9.03. The standard InChI is InChI=1S/C17H23N3O2S/c1-12-8-10-20(13-5-2-3-7-15(13)23-12)16(21)11-19-9-4-6-14(19)17(18)22/h2-3,5,7,12,14H,4,6,8-11H2,1H3,(H2,18,22)/t12-,14+/m0/s1. The number of anilines is 1. The first-order chi connectivity index (χ1) is 11.1. The first kappa shape index (κ1) is 16.3. The summed E-state index contributed by atoms with van der Waals surface area (Å²) < 4.78 is 0. The molecular weight excluding hydrogens is 310 g/mol. The molecule has 124 valence electrons. The number of hydrogen-bond acceptors (Lipinski definition) is 4. The smallest absolute Gasteiger partial charge is 0.241 e. The lowest BCUT2D eigenvalue weighted by molar-refractivity contribution is -0.124. The van der Waals surface area contributed by atoms with Crippen LogP contribution in [0.15, 0.2) is 29.2 Å². The highest BCUT2D eigenvalue weighted by molar-refractivity contribution is 8.00. The summed E-state index contributed by atoms with van der Waals surface area (Å²) in [6.45, 7) is 3.94. The van der Waals surface area contributed by atoms with Gasteiger partial charge < -0.3 is 10.6 Å². The summed E-state index contributed by atoms with van der Waals surface area (Å²) in [5, 5.41) is 0.485. The Labute approximate surface area is 141 Å². The van der Waals surface area contributed by atoms with Crippen LogP contribution in [0.4, 0.5) is 5.69 Å². The van der Waals surface area contributed by atoms with E-state index in [4.69, 9.17) is 5.73 Å². The molecule has 1 aromatic rings. The van der Waals surface area contributed by atoms with Crippen LogP contribution in [0, 0.1) is 0 Å². The van der Waals surface area contributed by atoms with Crippen molar-refractivity contribution in [1.29, 1.82) is 0 Å². The molecular formula is C17H23N3O2S. The van der Waals surface area contributed by atoms with E-state index in [1.807, 2.05) is 39.8 Å². The highest BCUT2D eigenvalue weighted by Gasteiger charge is 2.32. The van der Waals surface area contributed by atoms with E-state index in [0.29, 0.717) is 5.25 Å². The van der Waals surface area contributed by atoms with Gasteiger partial charge in [0.1, 0.15) is 0 Å². The van der Waals surface area contributed by atoms with Gasteiger partial charge in [0.15, 0.2) is 0 Å². The Kier molecular flexibility index (Phi) is 4.92. The van der Waals surface area contributed by atoms with E-state index < -0.39 is 0 Å². The number of amides is 2. The molecule has 0 spiro atoms. The molecule has 0 aromatic heterocycles. The van der Waals surface area contributed by atoms with Gasteiger partial charge in [-0.25, -0.2) is 0 Å². The van der Waals surface area contributed by atoms with Crippen molar-refractivity contribution in [1.82, 2.24) is 4.90 Å². The van der Waals surface area contributed by atoms with Gasteiger partial charge in [0, 0.05) is 16.7 Å². The predicted octanol–water partition coefficient (Wildman–Crippen LogP) is 1.85. The minimum absolute atomic E-state index is 0.0558. The molecule has 0 bridgehead atoms. The third-order valence-electron chi connectivity index (χ3n) is 4.57. The summed E-state index contributed by atoms with van der Waals surface area (Å²) in [5.74, 6) is -0.268. The van der Waals surface area contributed by atoms with Crippen LogP contribution in [0.1, 0.15) is 26.2 Å². The molecule has 2 amide bonds. The number of fused-ring (bicyclic) bond motifs is 1. The summed E-state index contributed by atoms with van der Waals surface area (Å²) in [4.78, 5) is 29.3. The summed E-state index contributed by atoms with van der Waals surface area (Å²) in [5.41, 5.74) is 6.44. The third kappa shape index (κ3) is 3.53. The fourth-order valence-electron chi connectivity index (χ4n) is 3.34. The fourth-order valence-corrected chi connectivity index (χ4v) is 4.46. The molecule has 3 rings (SSSR count). The number of likely N-dealkylation sites (tertiary alicyclic amines) is 1. The van der Waals surface area contributed by atoms with Crippen molar-refractivity contribution in [2.45, 2.75) is 42.4 Å². The maximum Gasteiger partial charge on any atom is 0.241 e. The Bertz CT molecular complexity index is 607. The number of nitrogens with two attached hydrogens (primary N) is 1. The van der Waals surface area contributed by atoms with Gasteiger partial charge in [-0.1, -0.05) is 19.1 Å². The molecule has 6 heteroatoms. The molecule has 1 fully saturated rings. The van der Waals surface area contributed by atoms with Crippen molar-refractivity contribution in [3.8, 4) is 0 Å². The number of carbonyl (C=O) groups is 2. The number of primary amides is 1. The molecule has 2 aliphatic heterocycles. The predicted molar refractivity (Wildman–Crippen MR) is 92.5 cm³/mol.